The molecule has 0 spiro atoms. The summed E-state index contributed by atoms with van der Waals surface area (Å²) in [5, 5.41) is 4.11. The van der Waals surface area contributed by atoms with Crippen molar-refractivity contribution < 1.29 is 0 Å². The molecule has 0 unspecified atom stereocenters. The van der Waals surface area contributed by atoms with Crippen LogP contribution in [-0.2, 0) is 6.54 Å². The summed E-state index contributed by atoms with van der Waals surface area (Å²) >= 11 is 1.40. The molecule has 0 atom stereocenters. The molecule has 17 heavy (non-hydrogen) atoms. The zero-order valence-electron chi connectivity index (χ0n) is 9.97. The van der Waals surface area contributed by atoms with Gasteiger partial charge in [-0.15, -0.1) is 0 Å². The van der Waals surface area contributed by atoms with Crippen LogP contribution in [0.2, 0.25) is 0 Å². The summed E-state index contributed by atoms with van der Waals surface area (Å²) in [6.45, 7) is 4.89. The van der Waals surface area contributed by atoms with E-state index in [2.05, 4.69) is 28.5 Å². The minimum absolute atomic E-state index is 0.370. The summed E-state index contributed by atoms with van der Waals surface area (Å²) < 4.78 is 4.29. The molecule has 0 saturated carbocycles. The van der Waals surface area contributed by atoms with Crippen LogP contribution in [0, 0.1) is 0 Å². The summed E-state index contributed by atoms with van der Waals surface area (Å²) in [5.41, 5.74) is 7.64. The molecule has 0 amide bonds. The molecule has 90 valence electrons. The third-order valence-electron chi connectivity index (χ3n) is 2.35. The second-order valence-corrected chi connectivity index (χ2v) is 4.96. The lowest BCUT2D eigenvalue weighted by molar-refractivity contribution is 0.799. The zero-order valence-corrected chi connectivity index (χ0v) is 10.8. The number of hydrogen-bond acceptors (Lipinski definition) is 5. The normalized spacial score (nSPS) is 10.8. The number of benzene rings is 1. The quantitative estimate of drug-likeness (QED) is 0.817. The number of nitrogens with two attached hydrogens (primary N) is 1. The third kappa shape index (κ3) is 3.17. The maximum absolute atomic E-state index is 5.72. The van der Waals surface area contributed by atoms with Gasteiger partial charge in [0.05, 0.1) is 0 Å². The van der Waals surface area contributed by atoms with Crippen molar-refractivity contribution in [1.29, 1.82) is 0 Å². The Morgan fingerprint density at radius 1 is 1.41 bits per heavy atom. The molecule has 0 aliphatic carbocycles. The predicted octanol–water partition coefficient (Wildman–Crippen LogP) is 2.86. The average Bonchev–Trinajstić information content (AvgIpc) is 2.75. The standard InChI is InChI=1S/C12H16N4S/c1-8(2)11-15-12(17-16-11)14-7-9-4-3-5-10(13)6-9/h3-6,8H,7,13H2,1-2H3,(H,14,15,16). The van der Waals surface area contributed by atoms with Gasteiger partial charge in [-0.2, -0.15) is 4.37 Å². The number of hydrogen-bond donors (Lipinski definition) is 2. The van der Waals surface area contributed by atoms with Crippen LogP contribution in [0.1, 0.15) is 31.2 Å². The molecule has 0 fully saturated rings. The third-order valence-corrected chi connectivity index (χ3v) is 3.04. The molecule has 0 aliphatic rings. The fourth-order valence-corrected chi connectivity index (χ4v) is 2.12. The van der Waals surface area contributed by atoms with Crippen molar-refractivity contribution in [2.24, 2.45) is 0 Å². The maximum Gasteiger partial charge on any atom is 0.202 e. The van der Waals surface area contributed by atoms with Gasteiger partial charge in [-0.25, -0.2) is 4.98 Å². The highest BCUT2D eigenvalue weighted by Crippen LogP contribution is 2.18. The number of nitrogens with zero attached hydrogens (tertiary/aromatic N) is 2. The first-order valence-electron chi connectivity index (χ1n) is 5.57. The van der Waals surface area contributed by atoms with E-state index in [0.29, 0.717) is 5.92 Å². The van der Waals surface area contributed by atoms with Crippen LogP contribution in [0.3, 0.4) is 0 Å². The lowest BCUT2D eigenvalue weighted by Gasteiger charge is -2.03. The molecule has 4 nitrogen and oxygen atoms in total. The second kappa shape index (κ2) is 5.14. The highest BCUT2D eigenvalue weighted by Gasteiger charge is 2.06. The summed E-state index contributed by atoms with van der Waals surface area (Å²) in [6, 6.07) is 7.82. The number of aromatic nitrogens is 2. The van der Waals surface area contributed by atoms with Crippen LogP contribution in [0.25, 0.3) is 0 Å². The first kappa shape index (κ1) is 11.9. The monoisotopic (exact) mass is 248 g/mol. The zero-order chi connectivity index (χ0) is 12.3. The van der Waals surface area contributed by atoms with Gasteiger partial charge in [-0.05, 0) is 17.7 Å². The van der Waals surface area contributed by atoms with Gasteiger partial charge >= 0.3 is 0 Å². The average molecular weight is 248 g/mol. The van der Waals surface area contributed by atoms with Crippen molar-refractivity contribution in [3.8, 4) is 0 Å². The maximum atomic E-state index is 5.72. The number of nitrogens with one attached hydrogen (secondary N) is 1. The van der Waals surface area contributed by atoms with Crippen LogP contribution >= 0.6 is 11.5 Å². The van der Waals surface area contributed by atoms with Crippen molar-refractivity contribution in [2.45, 2.75) is 26.3 Å². The first-order chi connectivity index (χ1) is 8.15. The van der Waals surface area contributed by atoms with E-state index in [1.165, 1.54) is 11.5 Å². The van der Waals surface area contributed by atoms with E-state index in [1.54, 1.807) is 0 Å². The number of anilines is 2. The van der Waals surface area contributed by atoms with Gasteiger partial charge in [0, 0.05) is 29.7 Å². The molecule has 2 rings (SSSR count). The fraction of sp³-hybridized carbons (Fsp3) is 0.333. The Morgan fingerprint density at radius 3 is 2.88 bits per heavy atom. The Hall–Kier alpha value is -1.62. The van der Waals surface area contributed by atoms with Crippen LogP contribution in [0.5, 0.6) is 0 Å². The second-order valence-electron chi connectivity index (χ2n) is 4.21. The smallest absolute Gasteiger partial charge is 0.202 e. The van der Waals surface area contributed by atoms with E-state index in [-0.39, 0.29) is 0 Å². The van der Waals surface area contributed by atoms with E-state index >= 15 is 0 Å². The summed E-state index contributed by atoms with van der Waals surface area (Å²) in [4.78, 5) is 4.41. The molecule has 0 saturated heterocycles. The van der Waals surface area contributed by atoms with Crippen LogP contribution < -0.4 is 11.1 Å². The molecule has 2 aromatic rings. The lowest BCUT2D eigenvalue weighted by Crippen LogP contribution is -2.00. The van der Waals surface area contributed by atoms with Gasteiger partial charge in [-0.3, -0.25) is 0 Å². The van der Waals surface area contributed by atoms with Crippen molar-refractivity contribution in [3.05, 3.63) is 35.7 Å². The van der Waals surface area contributed by atoms with E-state index in [0.717, 1.165) is 28.8 Å². The van der Waals surface area contributed by atoms with Crippen molar-refractivity contribution in [2.75, 3.05) is 11.1 Å². The van der Waals surface area contributed by atoms with E-state index in [4.69, 9.17) is 5.73 Å². The lowest BCUT2D eigenvalue weighted by atomic mass is 10.2. The van der Waals surface area contributed by atoms with Gasteiger partial charge < -0.3 is 11.1 Å². The molecule has 1 heterocycles. The highest BCUT2D eigenvalue weighted by atomic mass is 32.1. The molecular formula is C12H16N4S. The minimum Gasteiger partial charge on any atom is -0.399 e. The molecule has 1 aromatic heterocycles. The van der Waals surface area contributed by atoms with Gasteiger partial charge in [0.15, 0.2) is 0 Å². The van der Waals surface area contributed by atoms with Crippen molar-refractivity contribution >= 4 is 22.4 Å². The summed E-state index contributed by atoms with van der Waals surface area (Å²) in [7, 11) is 0. The van der Waals surface area contributed by atoms with Gasteiger partial charge in [0.2, 0.25) is 5.13 Å². The highest BCUT2D eigenvalue weighted by molar-refractivity contribution is 7.09. The molecule has 0 radical (unpaired) electrons. The first-order valence-corrected chi connectivity index (χ1v) is 6.34. The van der Waals surface area contributed by atoms with E-state index < -0.39 is 0 Å². The van der Waals surface area contributed by atoms with Crippen LogP contribution in [0.4, 0.5) is 10.8 Å². The molecule has 3 N–H and O–H groups in total. The van der Waals surface area contributed by atoms with Crippen molar-refractivity contribution in [3.63, 3.8) is 0 Å². The summed E-state index contributed by atoms with van der Waals surface area (Å²) in [6.07, 6.45) is 0. The van der Waals surface area contributed by atoms with Crippen molar-refractivity contribution in [1.82, 2.24) is 9.36 Å². The van der Waals surface area contributed by atoms with Gasteiger partial charge in [0.1, 0.15) is 5.82 Å². The van der Waals surface area contributed by atoms with Crippen LogP contribution in [-0.4, -0.2) is 9.36 Å². The van der Waals surface area contributed by atoms with Crippen LogP contribution in [0.15, 0.2) is 24.3 Å². The van der Waals surface area contributed by atoms with E-state index in [1.807, 2.05) is 24.3 Å². The SMILES string of the molecule is CC(C)c1nsc(NCc2cccc(N)c2)n1. The topological polar surface area (TPSA) is 63.8 Å². The minimum atomic E-state index is 0.370. The number of rotatable bonds is 4. The largest absolute Gasteiger partial charge is 0.399 e. The summed E-state index contributed by atoms with van der Waals surface area (Å²) in [5.74, 6) is 1.26. The Kier molecular flexibility index (Phi) is 3.58. The molecule has 1 aromatic carbocycles. The molecule has 0 bridgehead atoms. The Morgan fingerprint density at radius 2 is 2.24 bits per heavy atom. The predicted molar refractivity (Wildman–Crippen MR) is 72.2 cm³/mol. The molecule has 0 aliphatic heterocycles. The number of nitrogen functional groups attached to an aromatic ring is 1. The molecule has 5 heteroatoms. The van der Waals surface area contributed by atoms with E-state index in [9.17, 15) is 0 Å². The molecular weight excluding hydrogens is 232 g/mol. The fourth-order valence-electron chi connectivity index (χ4n) is 1.42. The Balaban J connectivity index is 1.97. The Labute approximate surface area is 105 Å². The van der Waals surface area contributed by atoms with Gasteiger partial charge in [-0.1, -0.05) is 26.0 Å². The van der Waals surface area contributed by atoms with Gasteiger partial charge in [0.25, 0.3) is 0 Å². The Bertz CT molecular complexity index is 493.